The normalized spacial score (nSPS) is 27.9. The Balaban J connectivity index is 2.34. The van der Waals surface area contributed by atoms with Gasteiger partial charge in [-0.25, -0.2) is 0 Å². The van der Waals surface area contributed by atoms with Crippen LogP contribution in [-0.4, -0.2) is 0 Å². The maximum absolute atomic E-state index is 10.9. The first-order valence-corrected chi connectivity index (χ1v) is 9.37. The minimum absolute atomic E-state index is 0.511. The summed E-state index contributed by atoms with van der Waals surface area (Å²) >= 11 is 0. The molecular formula is C19H35NO. The van der Waals surface area contributed by atoms with Crippen molar-refractivity contribution in [1.82, 2.24) is 0 Å². The largest absolute Gasteiger partial charge is 0.145 e. The predicted octanol–water partition coefficient (Wildman–Crippen LogP) is 7.14. The van der Waals surface area contributed by atoms with Gasteiger partial charge in [-0.3, -0.25) is 0 Å². The molecule has 0 amide bonds. The van der Waals surface area contributed by atoms with Crippen molar-refractivity contribution in [1.29, 1.82) is 0 Å². The summed E-state index contributed by atoms with van der Waals surface area (Å²) in [7, 11) is 0. The van der Waals surface area contributed by atoms with Gasteiger partial charge in [0.1, 0.15) is 0 Å². The zero-order valence-electron chi connectivity index (χ0n) is 14.1. The van der Waals surface area contributed by atoms with E-state index in [0.717, 1.165) is 18.5 Å². The molecule has 0 aromatic carbocycles. The number of rotatable bonds is 1. The van der Waals surface area contributed by atoms with E-state index in [1.54, 1.807) is 0 Å². The molecule has 1 rings (SSSR count). The molecule has 1 aliphatic rings. The van der Waals surface area contributed by atoms with Gasteiger partial charge in [0.05, 0.1) is 5.70 Å². The Morgan fingerprint density at radius 3 is 1.67 bits per heavy atom. The lowest BCUT2D eigenvalue weighted by atomic mass is 9.98. The Bertz CT molecular complexity index is 285. The van der Waals surface area contributed by atoms with E-state index in [1.165, 1.54) is 83.5 Å². The van der Waals surface area contributed by atoms with Gasteiger partial charge >= 0.3 is 0 Å². The van der Waals surface area contributed by atoms with Crippen molar-refractivity contribution < 1.29 is 0 Å². The summed E-state index contributed by atoms with van der Waals surface area (Å²) in [4.78, 5) is 10.9. The quantitative estimate of drug-likeness (QED) is 0.472. The van der Waals surface area contributed by atoms with Crippen LogP contribution in [-0.2, 0) is 0 Å². The Kier molecular flexibility index (Phi) is 11.4. The van der Waals surface area contributed by atoms with Crippen molar-refractivity contribution in [3.63, 3.8) is 0 Å². The van der Waals surface area contributed by atoms with Crippen LogP contribution in [0.25, 0.3) is 0 Å². The molecule has 0 aromatic rings. The molecule has 21 heavy (non-hydrogen) atoms. The van der Waals surface area contributed by atoms with Gasteiger partial charge < -0.3 is 0 Å². The number of allylic oxidation sites excluding steroid dienone is 2. The molecule has 2 nitrogen and oxygen atoms in total. The van der Waals surface area contributed by atoms with E-state index >= 15 is 0 Å². The Morgan fingerprint density at radius 2 is 1.19 bits per heavy atom. The highest BCUT2D eigenvalue weighted by Crippen LogP contribution is 2.19. The van der Waals surface area contributed by atoms with Crippen molar-refractivity contribution in [2.45, 2.75) is 103 Å². The summed E-state index contributed by atoms with van der Waals surface area (Å²) in [6, 6.07) is 0. The van der Waals surface area contributed by atoms with Crippen LogP contribution < -0.4 is 0 Å². The third-order valence-corrected chi connectivity index (χ3v) is 4.69. The van der Waals surface area contributed by atoms with Gasteiger partial charge in [0, 0.05) is 0 Å². The van der Waals surface area contributed by atoms with Crippen LogP contribution in [0.2, 0.25) is 0 Å². The fourth-order valence-corrected chi connectivity index (χ4v) is 3.29. The second kappa shape index (κ2) is 13.0. The Morgan fingerprint density at radius 1 is 0.762 bits per heavy atom. The predicted molar refractivity (Wildman–Crippen MR) is 92.3 cm³/mol. The summed E-state index contributed by atoms with van der Waals surface area (Å²) < 4.78 is 0. The van der Waals surface area contributed by atoms with Crippen molar-refractivity contribution in [3.8, 4) is 0 Å². The van der Waals surface area contributed by atoms with Crippen LogP contribution >= 0.6 is 0 Å². The summed E-state index contributed by atoms with van der Waals surface area (Å²) in [5, 5.41) is 3.24. The van der Waals surface area contributed by atoms with Crippen LogP contribution in [0.15, 0.2) is 16.9 Å². The average Bonchev–Trinajstić information content (AvgIpc) is 2.49. The van der Waals surface area contributed by atoms with Gasteiger partial charge in [-0.2, -0.15) is 0 Å². The van der Waals surface area contributed by atoms with E-state index in [2.05, 4.69) is 18.2 Å². The summed E-state index contributed by atoms with van der Waals surface area (Å²) in [5.41, 5.74) is 0.795. The van der Waals surface area contributed by atoms with Gasteiger partial charge in [-0.05, 0) is 30.4 Å². The lowest BCUT2D eigenvalue weighted by molar-refractivity contribution is 0.514. The second-order valence-corrected chi connectivity index (χ2v) is 6.86. The molecule has 0 fully saturated rings. The van der Waals surface area contributed by atoms with Crippen LogP contribution in [0.5, 0.6) is 0 Å². The minimum atomic E-state index is 0.511. The maximum atomic E-state index is 10.9. The molecule has 0 radical (unpaired) electrons. The van der Waals surface area contributed by atoms with E-state index in [-0.39, 0.29) is 0 Å². The Labute approximate surface area is 131 Å². The van der Waals surface area contributed by atoms with Crippen molar-refractivity contribution >= 4 is 0 Å². The molecule has 0 heterocycles. The third kappa shape index (κ3) is 10.7. The van der Waals surface area contributed by atoms with Crippen LogP contribution in [0.3, 0.4) is 0 Å². The lowest BCUT2D eigenvalue weighted by Gasteiger charge is -2.08. The third-order valence-electron chi connectivity index (χ3n) is 4.69. The van der Waals surface area contributed by atoms with E-state index < -0.39 is 0 Å². The molecule has 1 unspecified atom stereocenters. The zero-order chi connectivity index (χ0) is 15.2. The average molecular weight is 293 g/mol. The molecule has 0 saturated heterocycles. The highest BCUT2D eigenvalue weighted by atomic mass is 16.3. The van der Waals surface area contributed by atoms with Crippen LogP contribution in [0.4, 0.5) is 0 Å². The van der Waals surface area contributed by atoms with E-state index in [4.69, 9.17) is 0 Å². The van der Waals surface area contributed by atoms with E-state index in [0.29, 0.717) is 5.92 Å². The van der Waals surface area contributed by atoms with Crippen LogP contribution in [0.1, 0.15) is 103 Å². The molecule has 0 spiro atoms. The summed E-state index contributed by atoms with van der Waals surface area (Å²) in [5.74, 6) is 0.511. The topological polar surface area (TPSA) is 29.4 Å². The molecular weight excluding hydrogens is 258 g/mol. The van der Waals surface area contributed by atoms with Gasteiger partial charge in [0.15, 0.2) is 0 Å². The van der Waals surface area contributed by atoms with Crippen molar-refractivity contribution in [2.24, 2.45) is 11.1 Å². The molecule has 0 aliphatic heterocycles. The molecule has 2 heteroatoms. The summed E-state index contributed by atoms with van der Waals surface area (Å²) in [6.07, 6.45) is 21.8. The first-order chi connectivity index (χ1) is 10.3. The number of hydrogen-bond donors (Lipinski definition) is 0. The van der Waals surface area contributed by atoms with Crippen LogP contribution in [0, 0.1) is 10.8 Å². The summed E-state index contributed by atoms with van der Waals surface area (Å²) in [6.45, 7) is 2.23. The Hall–Kier alpha value is -0.660. The minimum Gasteiger partial charge on any atom is -0.145 e. The standard InChI is InChI=1S/C19H35NO/c1-18-15-13-11-9-7-5-3-2-4-6-8-10-12-14-16-19(17-18)20-21/h17-18H,2-16H2,1H3/b19-17+. The molecule has 122 valence electrons. The number of hydrogen-bond acceptors (Lipinski definition) is 2. The van der Waals surface area contributed by atoms with Crippen molar-refractivity contribution in [2.75, 3.05) is 0 Å². The van der Waals surface area contributed by atoms with E-state index in [9.17, 15) is 4.91 Å². The monoisotopic (exact) mass is 293 g/mol. The number of nitroso groups, excluding NO2 is 1. The fraction of sp³-hybridized carbons (Fsp3) is 0.895. The first-order valence-electron chi connectivity index (χ1n) is 9.37. The highest BCUT2D eigenvalue weighted by molar-refractivity contribution is 5.01. The zero-order valence-corrected chi connectivity index (χ0v) is 14.1. The maximum Gasteiger partial charge on any atom is 0.0811 e. The van der Waals surface area contributed by atoms with Gasteiger partial charge in [0.2, 0.25) is 0 Å². The molecule has 0 aromatic heterocycles. The highest BCUT2D eigenvalue weighted by Gasteiger charge is 2.04. The molecule has 0 N–H and O–H groups in total. The van der Waals surface area contributed by atoms with E-state index in [1.807, 2.05) is 0 Å². The smallest absolute Gasteiger partial charge is 0.0811 e. The SMILES string of the molecule is CC1/C=C(/N=O)CCCCCCCCCCCCCCC1. The fourth-order valence-electron chi connectivity index (χ4n) is 3.29. The molecule has 1 aliphatic carbocycles. The lowest BCUT2D eigenvalue weighted by Crippen LogP contribution is -1.93. The van der Waals surface area contributed by atoms with Gasteiger partial charge in [-0.1, -0.05) is 90.0 Å². The molecule has 0 bridgehead atoms. The molecule has 1 atom stereocenters. The molecule has 0 saturated carbocycles. The second-order valence-electron chi connectivity index (χ2n) is 6.86. The van der Waals surface area contributed by atoms with Crippen molar-refractivity contribution in [3.05, 3.63) is 16.7 Å². The van der Waals surface area contributed by atoms with Gasteiger partial charge in [0.25, 0.3) is 0 Å². The number of nitrogens with zero attached hydrogens (tertiary/aromatic N) is 1. The first kappa shape index (κ1) is 18.4. The van der Waals surface area contributed by atoms with Gasteiger partial charge in [-0.15, -0.1) is 4.91 Å².